The van der Waals surface area contributed by atoms with Crippen LogP contribution in [-0.2, 0) is 7.05 Å². The Morgan fingerprint density at radius 3 is 2.77 bits per heavy atom. The van der Waals surface area contributed by atoms with E-state index >= 15 is 0 Å². The zero-order valence-corrected chi connectivity index (χ0v) is 16.2. The predicted molar refractivity (Wildman–Crippen MR) is 109 cm³/mol. The summed E-state index contributed by atoms with van der Waals surface area (Å²) in [5, 5.41) is 14.7. The number of hydrogen-bond acceptors (Lipinski definition) is 3. The molecule has 138 valence electrons. The normalized spacial score (nSPS) is 13.1. The molecule has 0 radical (unpaired) electrons. The molecule has 2 N–H and O–H groups in total. The second-order valence-corrected chi connectivity index (χ2v) is 5.83. The summed E-state index contributed by atoms with van der Waals surface area (Å²) in [4.78, 5) is 7.78. The number of allylic oxidation sites excluding steroid dienone is 3. The molecule has 0 aliphatic heterocycles. The fraction of sp³-hybridized carbons (Fsp3) is 0.333. The van der Waals surface area contributed by atoms with Gasteiger partial charge in [-0.05, 0) is 36.6 Å². The van der Waals surface area contributed by atoms with Gasteiger partial charge in [0.1, 0.15) is 5.65 Å². The van der Waals surface area contributed by atoms with E-state index in [9.17, 15) is 5.11 Å². The van der Waals surface area contributed by atoms with E-state index in [1.165, 1.54) is 5.57 Å². The van der Waals surface area contributed by atoms with Gasteiger partial charge in [-0.3, -0.25) is 4.68 Å². The Morgan fingerprint density at radius 1 is 1.38 bits per heavy atom. The lowest BCUT2D eigenvalue weighted by molar-refractivity contribution is 0.244. The van der Waals surface area contributed by atoms with Crippen LogP contribution in [0.3, 0.4) is 0 Å². The van der Waals surface area contributed by atoms with E-state index in [-0.39, 0.29) is 0 Å². The Labute approximate surface area is 155 Å². The van der Waals surface area contributed by atoms with Crippen molar-refractivity contribution in [2.24, 2.45) is 7.05 Å². The van der Waals surface area contributed by atoms with Crippen molar-refractivity contribution in [3.63, 3.8) is 0 Å². The first-order valence-corrected chi connectivity index (χ1v) is 9.11. The first-order valence-electron chi connectivity index (χ1n) is 9.11. The van der Waals surface area contributed by atoms with E-state index in [4.69, 9.17) is 0 Å². The second-order valence-electron chi connectivity index (χ2n) is 5.83. The Morgan fingerprint density at radius 2 is 2.15 bits per heavy atom. The van der Waals surface area contributed by atoms with Crippen LogP contribution in [-0.4, -0.2) is 31.0 Å². The molecule has 0 bridgehead atoms. The lowest BCUT2D eigenvalue weighted by Gasteiger charge is -2.06. The number of aliphatic hydroxyl groups excluding tert-OH is 1. The fourth-order valence-corrected chi connectivity index (χ4v) is 2.78. The summed E-state index contributed by atoms with van der Waals surface area (Å²) in [5.41, 5.74) is 5.28. The van der Waals surface area contributed by atoms with Crippen molar-refractivity contribution in [3.8, 4) is 11.3 Å². The summed E-state index contributed by atoms with van der Waals surface area (Å²) in [6.45, 7) is 7.86. The first kappa shape index (κ1) is 19.7. The predicted octanol–water partition coefficient (Wildman–Crippen LogP) is 4.72. The molecule has 1 unspecified atom stereocenters. The number of H-pyrrole nitrogens is 1. The van der Waals surface area contributed by atoms with Crippen LogP contribution in [0.5, 0.6) is 0 Å². The number of aromatic amines is 1. The molecule has 0 spiro atoms. The quantitative estimate of drug-likeness (QED) is 0.653. The molecule has 0 aliphatic rings. The van der Waals surface area contributed by atoms with Crippen molar-refractivity contribution in [1.82, 2.24) is 19.7 Å². The monoisotopic (exact) mass is 352 g/mol. The van der Waals surface area contributed by atoms with Gasteiger partial charge in [-0.25, -0.2) is 4.98 Å². The second kappa shape index (κ2) is 9.15. The minimum atomic E-state index is -0.443. The highest BCUT2D eigenvalue weighted by Gasteiger charge is 2.11. The molecule has 0 amide bonds. The molecule has 3 rings (SSSR count). The topological polar surface area (TPSA) is 66.7 Å². The summed E-state index contributed by atoms with van der Waals surface area (Å²) in [5.74, 6) is 0. The van der Waals surface area contributed by atoms with Crippen LogP contribution in [0.4, 0.5) is 0 Å². The molecule has 1 atom stereocenters. The first-order chi connectivity index (χ1) is 12.6. The van der Waals surface area contributed by atoms with E-state index in [1.807, 2.05) is 56.2 Å². The molecule has 26 heavy (non-hydrogen) atoms. The lowest BCUT2D eigenvalue weighted by Crippen LogP contribution is -1.93. The molecule has 0 fully saturated rings. The van der Waals surface area contributed by atoms with Gasteiger partial charge in [0.2, 0.25) is 0 Å². The third kappa shape index (κ3) is 4.29. The summed E-state index contributed by atoms with van der Waals surface area (Å²) in [7, 11) is 1.93. The van der Waals surface area contributed by atoms with Crippen molar-refractivity contribution < 1.29 is 5.11 Å². The summed E-state index contributed by atoms with van der Waals surface area (Å²) in [6, 6.07) is 4.16. The molecule has 0 saturated carbocycles. The van der Waals surface area contributed by atoms with E-state index in [0.29, 0.717) is 0 Å². The standard InChI is InChI=1S/C19H22N4O.C2H6/c1-4-14(7-5-6-13(2)24)15-10-16-17(12-21-19(16)20-11-15)18-8-9-22-23(18)3;1-2/h5-13,24H,4H2,1-3H3,(H,20,21);1-2H3/b6-5-,14-7+;. The van der Waals surface area contributed by atoms with Crippen LogP contribution in [0.25, 0.3) is 27.9 Å². The van der Waals surface area contributed by atoms with Crippen molar-refractivity contribution in [2.75, 3.05) is 0 Å². The molecule has 5 nitrogen and oxygen atoms in total. The van der Waals surface area contributed by atoms with Gasteiger partial charge in [0, 0.05) is 36.6 Å². The summed E-state index contributed by atoms with van der Waals surface area (Å²) in [6.07, 6.45) is 11.8. The van der Waals surface area contributed by atoms with E-state index < -0.39 is 6.10 Å². The Bertz CT molecular complexity index is 900. The number of nitrogens with zero attached hydrogens (tertiary/aromatic N) is 3. The zero-order valence-electron chi connectivity index (χ0n) is 16.2. The minimum absolute atomic E-state index is 0.443. The number of rotatable bonds is 5. The molecule has 0 saturated heterocycles. The number of fused-ring (bicyclic) bond motifs is 1. The maximum Gasteiger partial charge on any atom is 0.137 e. The van der Waals surface area contributed by atoms with E-state index in [0.717, 1.165) is 34.3 Å². The smallest absolute Gasteiger partial charge is 0.137 e. The highest BCUT2D eigenvalue weighted by Crippen LogP contribution is 2.29. The van der Waals surface area contributed by atoms with Gasteiger partial charge in [0.15, 0.2) is 0 Å². The highest BCUT2D eigenvalue weighted by atomic mass is 16.3. The van der Waals surface area contributed by atoms with Crippen LogP contribution in [0.15, 0.2) is 49.0 Å². The molecule has 0 aromatic carbocycles. The number of pyridine rings is 1. The van der Waals surface area contributed by atoms with Crippen LogP contribution in [0.1, 0.15) is 39.7 Å². The Hall–Kier alpha value is -2.66. The molecule has 3 heterocycles. The van der Waals surface area contributed by atoms with Gasteiger partial charge in [-0.15, -0.1) is 0 Å². The molecule has 3 aromatic rings. The van der Waals surface area contributed by atoms with Gasteiger partial charge < -0.3 is 10.1 Å². The van der Waals surface area contributed by atoms with Crippen molar-refractivity contribution in [3.05, 3.63) is 54.5 Å². The zero-order chi connectivity index (χ0) is 19.1. The number of nitrogens with one attached hydrogen (secondary N) is 1. The summed E-state index contributed by atoms with van der Waals surface area (Å²) < 4.78 is 1.86. The minimum Gasteiger partial charge on any atom is -0.389 e. The van der Waals surface area contributed by atoms with E-state index in [1.54, 1.807) is 19.2 Å². The van der Waals surface area contributed by atoms with Crippen molar-refractivity contribution >= 4 is 16.6 Å². The molecule has 5 heteroatoms. The van der Waals surface area contributed by atoms with Crippen molar-refractivity contribution in [1.29, 1.82) is 0 Å². The van der Waals surface area contributed by atoms with Crippen LogP contribution < -0.4 is 0 Å². The lowest BCUT2D eigenvalue weighted by atomic mass is 10.0. The Balaban J connectivity index is 0.00000117. The number of aryl methyl sites for hydroxylation is 1. The summed E-state index contributed by atoms with van der Waals surface area (Å²) >= 11 is 0. The molecular formula is C21H28N4O. The highest BCUT2D eigenvalue weighted by molar-refractivity contribution is 5.94. The van der Waals surface area contributed by atoms with Gasteiger partial charge >= 0.3 is 0 Å². The number of aliphatic hydroxyl groups is 1. The third-order valence-electron chi connectivity index (χ3n) is 4.07. The van der Waals surface area contributed by atoms with Crippen molar-refractivity contribution in [2.45, 2.75) is 40.2 Å². The largest absolute Gasteiger partial charge is 0.389 e. The van der Waals surface area contributed by atoms with E-state index in [2.05, 4.69) is 28.1 Å². The Kier molecular flexibility index (Phi) is 6.92. The maximum atomic E-state index is 9.35. The van der Waals surface area contributed by atoms with Gasteiger partial charge in [-0.2, -0.15) is 5.10 Å². The van der Waals surface area contributed by atoms with Crippen LogP contribution in [0, 0.1) is 0 Å². The van der Waals surface area contributed by atoms with Gasteiger partial charge in [0.05, 0.1) is 11.8 Å². The molecule has 0 aliphatic carbocycles. The SMILES string of the molecule is CC.CC/C(=C\C=C/C(C)O)c1cnc2[nH]cc(-c3ccnn3C)c2c1. The molecular weight excluding hydrogens is 324 g/mol. The number of aromatic nitrogens is 4. The van der Waals surface area contributed by atoms with Gasteiger partial charge in [0.25, 0.3) is 0 Å². The third-order valence-corrected chi connectivity index (χ3v) is 4.07. The number of hydrogen-bond donors (Lipinski definition) is 2. The van der Waals surface area contributed by atoms with Gasteiger partial charge in [-0.1, -0.05) is 39.0 Å². The van der Waals surface area contributed by atoms with Crippen LogP contribution in [0.2, 0.25) is 0 Å². The fourth-order valence-electron chi connectivity index (χ4n) is 2.78. The molecule has 3 aromatic heterocycles. The average Bonchev–Trinajstić information content (AvgIpc) is 3.25. The van der Waals surface area contributed by atoms with Crippen LogP contribution >= 0.6 is 0 Å². The maximum absolute atomic E-state index is 9.35. The average molecular weight is 352 g/mol.